The molecule has 0 aromatic rings. The Kier molecular flexibility index (Phi) is 5.12. The van der Waals surface area contributed by atoms with Crippen molar-refractivity contribution in [2.24, 2.45) is 11.8 Å². The number of rotatable bonds is 4. The summed E-state index contributed by atoms with van der Waals surface area (Å²) in [5.41, 5.74) is 0. The van der Waals surface area contributed by atoms with E-state index in [1.54, 1.807) is 4.90 Å². The minimum atomic E-state index is -0.783. The molecule has 1 heterocycles. The largest absolute Gasteiger partial charge is 0.481 e. The average Bonchev–Trinajstić information content (AvgIpc) is 3.04. The molecule has 0 aromatic carbocycles. The summed E-state index contributed by atoms with van der Waals surface area (Å²) < 4.78 is 0. The number of hydrogen-bond donors (Lipinski definition) is 1. The first-order valence-electron chi connectivity index (χ1n) is 8.21. The molecule has 2 atom stereocenters. The van der Waals surface area contributed by atoms with Gasteiger partial charge >= 0.3 is 12.0 Å². The molecular formula is C16H28N2O3. The quantitative estimate of drug-likeness (QED) is 0.867. The summed E-state index contributed by atoms with van der Waals surface area (Å²) in [5.74, 6) is -0.768. The maximum absolute atomic E-state index is 12.9. The van der Waals surface area contributed by atoms with Crippen LogP contribution in [0.25, 0.3) is 0 Å². The topological polar surface area (TPSA) is 60.9 Å². The second-order valence-electron chi connectivity index (χ2n) is 6.93. The van der Waals surface area contributed by atoms with Crippen molar-refractivity contribution < 1.29 is 14.7 Å². The van der Waals surface area contributed by atoms with E-state index in [1.165, 1.54) is 12.8 Å². The van der Waals surface area contributed by atoms with Gasteiger partial charge in [-0.3, -0.25) is 4.79 Å². The number of amides is 2. The monoisotopic (exact) mass is 296 g/mol. The molecule has 0 bridgehead atoms. The summed E-state index contributed by atoms with van der Waals surface area (Å²) in [7, 11) is 0. The van der Waals surface area contributed by atoms with Gasteiger partial charge in [0.25, 0.3) is 0 Å². The van der Waals surface area contributed by atoms with E-state index in [1.807, 2.05) is 11.8 Å². The second kappa shape index (κ2) is 6.67. The second-order valence-corrected chi connectivity index (χ2v) is 6.93. The molecule has 1 saturated heterocycles. The van der Waals surface area contributed by atoms with Crippen LogP contribution < -0.4 is 0 Å². The molecule has 1 aliphatic heterocycles. The predicted molar refractivity (Wildman–Crippen MR) is 81.1 cm³/mol. The van der Waals surface area contributed by atoms with Gasteiger partial charge < -0.3 is 14.9 Å². The van der Waals surface area contributed by atoms with E-state index in [4.69, 9.17) is 0 Å². The number of urea groups is 1. The van der Waals surface area contributed by atoms with Crippen LogP contribution >= 0.6 is 0 Å². The Hall–Kier alpha value is -1.26. The molecule has 1 saturated carbocycles. The Labute approximate surface area is 127 Å². The highest BCUT2D eigenvalue weighted by molar-refractivity contribution is 5.78. The summed E-state index contributed by atoms with van der Waals surface area (Å²) in [4.78, 5) is 27.9. The van der Waals surface area contributed by atoms with E-state index in [2.05, 4.69) is 13.8 Å². The van der Waals surface area contributed by atoms with Gasteiger partial charge in [0.2, 0.25) is 0 Å². The minimum Gasteiger partial charge on any atom is -0.481 e. The molecule has 1 aliphatic carbocycles. The normalized spacial score (nSPS) is 26.6. The van der Waals surface area contributed by atoms with Crippen molar-refractivity contribution in [1.29, 1.82) is 0 Å². The van der Waals surface area contributed by atoms with Gasteiger partial charge in [-0.05, 0) is 32.1 Å². The van der Waals surface area contributed by atoms with E-state index in [9.17, 15) is 14.7 Å². The molecular weight excluding hydrogens is 268 g/mol. The summed E-state index contributed by atoms with van der Waals surface area (Å²) >= 11 is 0. The fourth-order valence-corrected chi connectivity index (χ4v) is 3.70. The average molecular weight is 296 g/mol. The molecule has 2 fully saturated rings. The van der Waals surface area contributed by atoms with Crippen LogP contribution in [0.2, 0.25) is 0 Å². The Morgan fingerprint density at radius 1 is 1.24 bits per heavy atom. The van der Waals surface area contributed by atoms with Crippen molar-refractivity contribution >= 4 is 12.0 Å². The number of carbonyl (C=O) groups excluding carboxylic acids is 1. The number of aliphatic carboxylic acids is 1. The summed E-state index contributed by atoms with van der Waals surface area (Å²) in [6.07, 6.45) is 5.13. The highest BCUT2D eigenvalue weighted by atomic mass is 16.4. The third-order valence-electron chi connectivity index (χ3n) is 4.89. The third kappa shape index (κ3) is 3.50. The number of carboxylic acid groups (broad SMARTS) is 1. The smallest absolute Gasteiger partial charge is 0.320 e. The van der Waals surface area contributed by atoms with Crippen LogP contribution in [0, 0.1) is 11.8 Å². The van der Waals surface area contributed by atoms with Gasteiger partial charge in [0.05, 0.1) is 5.92 Å². The Balaban J connectivity index is 2.09. The van der Waals surface area contributed by atoms with E-state index >= 15 is 0 Å². The zero-order valence-electron chi connectivity index (χ0n) is 13.4. The molecule has 2 amide bonds. The van der Waals surface area contributed by atoms with Crippen molar-refractivity contribution in [3.63, 3.8) is 0 Å². The highest BCUT2D eigenvalue weighted by Crippen LogP contribution is 2.29. The molecule has 2 rings (SSSR count). The first kappa shape index (κ1) is 16.1. The van der Waals surface area contributed by atoms with Crippen molar-refractivity contribution in [3.8, 4) is 0 Å². The third-order valence-corrected chi connectivity index (χ3v) is 4.89. The van der Waals surface area contributed by atoms with E-state index < -0.39 is 11.9 Å². The van der Waals surface area contributed by atoms with Crippen LogP contribution in [0.4, 0.5) is 4.79 Å². The SMILES string of the molecule is CC(C)CN(C(=O)N1CCC(C(=O)O)C1C)C1CCCC1. The van der Waals surface area contributed by atoms with Gasteiger partial charge in [0, 0.05) is 25.2 Å². The first-order chi connectivity index (χ1) is 9.91. The molecule has 2 aliphatic rings. The zero-order valence-corrected chi connectivity index (χ0v) is 13.4. The van der Waals surface area contributed by atoms with Crippen LogP contribution in [0.1, 0.15) is 52.9 Å². The summed E-state index contributed by atoms with van der Waals surface area (Å²) in [5, 5.41) is 9.23. The van der Waals surface area contributed by atoms with Gasteiger partial charge in [-0.2, -0.15) is 0 Å². The molecule has 5 nitrogen and oxygen atoms in total. The van der Waals surface area contributed by atoms with Crippen LogP contribution in [0.15, 0.2) is 0 Å². The fraction of sp³-hybridized carbons (Fsp3) is 0.875. The fourth-order valence-electron chi connectivity index (χ4n) is 3.70. The van der Waals surface area contributed by atoms with Crippen molar-refractivity contribution in [3.05, 3.63) is 0 Å². The van der Waals surface area contributed by atoms with Crippen LogP contribution in [0.3, 0.4) is 0 Å². The molecule has 1 N–H and O–H groups in total. The molecule has 5 heteroatoms. The molecule has 120 valence electrons. The molecule has 21 heavy (non-hydrogen) atoms. The maximum Gasteiger partial charge on any atom is 0.320 e. The predicted octanol–water partition coefficient (Wildman–Crippen LogP) is 2.80. The molecule has 0 spiro atoms. The number of carbonyl (C=O) groups is 2. The number of hydrogen-bond acceptors (Lipinski definition) is 2. The van der Waals surface area contributed by atoms with Crippen molar-refractivity contribution in [2.45, 2.75) is 65.0 Å². The Bertz CT molecular complexity index is 391. The Morgan fingerprint density at radius 2 is 1.86 bits per heavy atom. The number of likely N-dealkylation sites (tertiary alicyclic amines) is 1. The zero-order chi connectivity index (χ0) is 15.6. The van der Waals surface area contributed by atoms with Crippen LogP contribution in [-0.4, -0.2) is 52.1 Å². The summed E-state index contributed by atoms with van der Waals surface area (Å²) in [6.45, 7) is 7.46. The van der Waals surface area contributed by atoms with E-state index in [-0.39, 0.29) is 12.1 Å². The van der Waals surface area contributed by atoms with E-state index in [0.717, 1.165) is 19.4 Å². The van der Waals surface area contributed by atoms with Gasteiger partial charge in [-0.15, -0.1) is 0 Å². The van der Waals surface area contributed by atoms with Gasteiger partial charge in [-0.1, -0.05) is 26.7 Å². The minimum absolute atomic E-state index is 0.0480. The van der Waals surface area contributed by atoms with Crippen molar-refractivity contribution in [1.82, 2.24) is 9.80 Å². The van der Waals surface area contributed by atoms with E-state index in [0.29, 0.717) is 24.9 Å². The van der Waals surface area contributed by atoms with Gasteiger partial charge in [-0.25, -0.2) is 4.79 Å². The highest BCUT2D eigenvalue weighted by Gasteiger charge is 2.41. The lowest BCUT2D eigenvalue weighted by Crippen LogP contribution is -2.50. The summed E-state index contributed by atoms with van der Waals surface area (Å²) in [6, 6.07) is 0.189. The van der Waals surface area contributed by atoms with Crippen LogP contribution in [-0.2, 0) is 4.79 Å². The van der Waals surface area contributed by atoms with Gasteiger partial charge in [0.1, 0.15) is 0 Å². The lowest BCUT2D eigenvalue weighted by atomic mass is 10.0. The lowest BCUT2D eigenvalue weighted by Gasteiger charge is -2.36. The maximum atomic E-state index is 12.9. The number of nitrogens with zero attached hydrogens (tertiary/aromatic N) is 2. The van der Waals surface area contributed by atoms with Gasteiger partial charge in [0.15, 0.2) is 0 Å². The molecule has 0 radical (unpaired) electrons. The molecule has 0 aromatic heterocycles. The first-order valence-corrected chi connectivity index (χ1v) is 8.21. The standard InChI is InChI=1S/C16H28N2O3/c1-11(2)10-18(13-6-4-5-7-13)16(21)17-9-8-14(12(17)3)15(19)20/h11-14H,4-10H2,1-3H3,(H,19,20). The van der Waals surface area contributed by atoms with Crippen molar-refractivity contribution in [2.75, 3.05) is 13.1 Å². The lowest BCUT2D eigenvalue weighted by molar-refractivity contribution is -0.142. The molecule has 2 unspecified atom stereocenters. The Morgan fingerprint density at radius 3 is 2.33 bits per heavy atom. The number of carboxylic acids is 1. The van der Waals surface area contributed by atoms with Crippen LogP contribution in [0.5, 0.6) is 0 Å².